The van der Waals surface area contributed by atoms with Crippen LogP contribution in [0.3, 0.4) is 0 Å². The summed E-state index contributed by atoms with van der Waals surface area (Å²) in [5.74, 6) is 0. The molecule has 0 unspecified atom stereocenters. The Bertz CT molecular complexity index is 703. The molecular formula is C37H78N6. The lowest BCUT2D eigenvalue weighted by molar-refractivity contribution is 0.772. The van der Waals surface area contributed by atoms with Gasteiger partial charge in [-0.1, -0.05) is 174 Å². The van der Waals surface area contributed by atoms with Gasteiger partial charge in [0.05, 0.1) is 12.1 Å². The van der Waals surface area contributed by atoms with Gasteiger partial charge in [0.1, 0.15) is 0 Å². The first kappa shape index (κ1) is 72.2. The quantitative estimate of drug-likeness (QED) is 0.253. The van der Waals surface area contributed by atoms with Crippen molar-refractivity contribution in [1.29, 1.82) is 10.5 Å². The summed E-state index contributed by atoms with van der Waals surface area (Å²) in [6, 6.07) is 20.6. The van der Waals surface area contributed by atoms with E-state index in [1.165, 1.54) is 41.5 Å². The van der Waals surface area contributed by atoms with Gasteiger partial charge in [0.15, 0.2) is 0 Å². The van der Waals surface area contributed by atoms with Crippen LogP contribution in [0.4, 0.5) is 0 Å². The van der Waals surface area contributed by atoms with Crippen LogP contribution in [0.2, 0.25) is 0 Å². The second-order valence-corrected chi connectivity index (χ2v) is 7.40. The molecule has 0 aliphatic heterocycles. The standard InChI is InChI=1S/2C9H10.C5H12.2C4H7N.2C2H6.2CH4.4H3N/c2*1-3-9-6-4-8(2)5-7-9;1-3-5-4-2;2*1-2-3-4-5;2*1-2;;;;;;/h2*3-7H,1H2,2H3;3-5H2,1-2H3;2*2-3H2,1H3;2*1-2H3;2*1H4;4*1H3. The average Bonchev–Trinajstić information content (AvgIpc) is 2.95. The van der Waals surface area contributed by atoms with Crippen molar-refractivity contribution in [3.8, 4) is 12.1 Å². The molecule has 0 spiro atoms. The Morgan fingerprint density at radius 2 is 0.767 bits per heavy atom. The van der Waals surface area contributed by atoms with E-state index in [0.29, 0.717) is 12.8 Å². The highest BCUT2D eigenvalue weighted by Crippen LogP contribution is 2.03. The zero-order chi connectivity index (χ0) is 29.7. The summed E-state index contributed by atoms with van der Waals surface area (Å²) < 4.78 is 0. The Kier molecular flexibility index (Phi) is 120. The first-order valence-corrected chi connectivity index (χ1v) is 14.0. The molecule has 6 nitrogen and oxygen atoms in total. The number of benzene rings is 2. The van der Waals surface area contributed by atoms with Crippen LogP contribution in [-0.4, -0.2) is 0 Å². The van der Waals surface area contributed by atoms with Crippen molar-refractivity contribution < 1.29 is 0 Å². The second kappa shape index (κ2) is 71.7. The van der Waals surface area contributed by atoms with Gasteiger partial charge in [-0.2, -0.15) is 10.5 Å². The van der Waals surface area contributed by atoms with E-state index in [-0.39, 0.29) is 39.5 Å². The molecule has 12 N–H and O–H groups in total. The number of hydrogen-bond donors (Lipinski definition) is 4. The molecule has 43 heavy (non-hydrogen) atoms. The first-order chi connectivity index (χ1) is 17.9. The molecule has 0 aliphatic rings. The molecule has 0 aromatic heterocycles. The number of aryl methyl sites for hydroxylation is 2. The maximum atomic E-state index is 7.82. The minimum atomic E-state index is 0. The third kappa shape index (κ3) is 73.1. The summed E-state index contributed by atoms with van der Waals surface area (Å²) in [6.45, 7) is 27.9. The Balaban J connectivity index is -0.0000000318. The van der Waals surface area contributed by atoms with Crippen LogP contribution in [0.5, 0.6) is 0 Å². The Hall–Kier alpha value is -3.26. The fourth-order valence-electron chi connectivity index (χ4n) is 1.98. The van der Waals surface area contributed by atoms with Crippen molar-refractivity contribution >= 4 is 12.2 Å². The molecule has 2 aromatic rings. The fraction of sp³-hybridized carbons (Fsp3) is 0.514. The van der Waals surface area contributed by atoms with E-state index >= 15 is 0 Å². The lowest BCUT2D eigenvalue weighted by atomic mass is 10.2. The van der Waals surface area contributed by atoms with Gasteiger partial charge in [0.2, 0.25) is 0 Å². The number of unbranched alkanes of at least 4 members (excludes halogenated alkanes) is 4. The number of nitrogens with zero attached hydrogens (tertiary/aromatic N) is 2. The van der Waals surface area contributed by atoms with Gasteiger partial charge >= 0.3 is 0 Å². The summed E-state index contributed by atoms with van der Waals surface area (Å²) in [7, 11) is 0. The van der Waals surface area contributed by atoms with Crippen molar-refractivity contribution in [2.24, 2.45) is 0 Å². The molecule has 2 aromatic carbocycles. The van der Waals surface area contributed by atoms with E-state index in [9.17, 15) is 0 Å². The molecule has 0 saturated carbocycles. The highest BCUT2D eigenvalue weighted by molar-refractivity contribution is 5.47. The molecule has 0 atom stereocenters. The Labute approximate surface area is 272 Å². The molecule has 256 valence electrons. The molecule has 2 rings (SSSR count). The van der Waals surface area contributed by atoms with Crippen molar-refractivity contribution in [3.05, 3.63) is 83.9 Å². The van der Waals surface area contributed by atoms with Gasteiger partial charge in [-0.3, -0.25) is 0 Å². The molecule has 0 bridgehead atoms. The average molecular weight is 607 g/mol. The van der Waals surface area contributed by atoms with Crippen LogP contribution in [0.1, 0.15) is 137 Å². The van der Waals surface area contributed by atoms with Crippen molar-refractivity contribution in [3.63, 3.8) is 0 Å². The molecule has 0 saturated heterocycles. The van der Waals surface area contributed by atoms with E-state index in [0.717, 1.165) is 12.8 Å². The normalized spacial score (nSPS) is 6.51. The van der Waals surface area contributed by atoms with Gasteiger partial charge in [0.25, 0.3) is 0 Å². The van der Waals surface area contributed by atoms with E-state index in [1.54, 1.807) is 0 Å². The van der Waals surface area contributed by atoms with E-state index in [1.807, 2.05) is 65.8 Å². The maximum Gasteiger partial charge on any atom is 0.0621 e. The largest absolute Gasteiger partial charge is 0.344 e. The lowest BCUT2D eigenvalue weighted by Gasteiger charge is -1.91. The van der Waals surface area contributed by atoms with Crippen LogP contribution in [-0.2, 0) is 0 Å². The Morgan fingerprint density at radius 3 is 0.860 bits per heavy atom. The van der Waals surface area contributed by atoms with Gasteiger partial charge in [-0.25, -0.2) is 0 Å². The van der Waals surface area contributed by atoms with Crippen LogP contribution in [0, 0.1) is 36.5 Å². The van der Waals surface area contributed by atoms with E-state index < -0.39 is 0 Å². The zero-order valence-electron chi connectivity index (χ0n) is 28.9. The molecule has 6 heteroatoms. The van der Waals surface area contributed by atoms with Gasteiger partial charge in [0, 0.05) is 12.8 Å². The van der Waals surface area contributed by atoms with Crippen LogP contribution in [0.15, 0.2) is 61.7 Å². The third-order valence-corrected chi connectivity index (χ3v) is 4.06. The first-order valence-electron chi connectivity index (χ1n) is 14.0. The molecule has 0 radical (unpaired) electrons. The highest BCUT2D eigenvalue weighted by atomic mass is 14.2. The molecule has 0 fully saturated rings. The predicted molar refractivity (Wildman–Crippen MR) is 205 cm³/mol. The molecular weight excluding hydrogens is 528 g/mol. The van der Waals surface area contributed by atoms with Gasteiger partial charge in [-0.05, 0) is 37.8 Å². The predicted octanol–water partition coefficient (Wildman–Crippen LogP) is 14.1. The summed E-state index contributed by atoms with van der Waals surface area (Å²) >= 11 is 0. The molecule has 0 aliphatic carbocycles. The van der Waals surface area contributed by atoms with E-state index in [4.69, 9.17) is 10.5 Å². The lowest BCUT2D eigenvalue weighted by Crippen LogP contribution is -1.71. The zero-order valence-corrected chi connectivity index (χ0v) is 28.9. The minimum Gasteiger partial charge on any atom is -0.344 e. The molecule has 0 heterocycles. The summed E-state index contributed by atoms with van der Waals surface area (Å²) in [6.07, 6.45) is 11.1. The summed E-state index contributed by atoms with van der Waals surface area (Å²) in [5, 5.41) is 15.6. The third-order valence-electron chi connectivity index (χ3n) is 4.06. The van der Waals surface area contributed by atoms with E-state index in [2.05, 4.69) is 89.4 Å². The van der Waals surface area contributed by atoms with Gasteiger partial charge < -0.3 is 24.6 Å². The highest BCUT2D eigenvalue weighted by Gasteiger charge is 1.83. The number of rotatable bonds is 6. The summed E-state index contributed by atoms with van der Waals surface area (Å²) in [5.41, 5.74) is 4.95. The minimum absolute atomic E-state index is 0. The van der Waals surface area contributed by atoms with Crippen molar-refractivity contribution in [2.45, 2.75) is 129 Å². The summed E-state index contributed by atoms with van der Waals surface area (Å²) in [4.78, 5) is 0. The Morgan fingerprint density at radius 1 is 0.535 bits per heavy atom. The van der Waals surface area contributed by atoms with Crippen molar-refractivity contribution in [2.75, 3.05) is 0 Å². The number of hydrogen-bond acceptors (Lipinski definition) is 6. The fourth-order valence-corrected chi connectivity index (χ4v) is 1.98. The van der Waals surface area contributed by atoms with Crippen molar-refractivity contribution in [1.82, 2.24) is 24.6 Å². The topological polar surface area (TPSA) is 188 Å². The SMILES string of the molecule is C.C.C=Cc1ccc(C)cc1.C=Cc1ccc(C)cc1.CC.CC.CCCC#N.CCCC#N.CCCCC.N.N.N.N. The smallest absolute Gasteiger partial charge is 0.0621 e. The van der Waals surface area contributed by atoms with Crippen LogP contribution < -0.4 is 24.6 Å². The monoisotopic (exact) mass is 607 g/mol. The molecule has 0 amide bonds. The van der Waals surface area contributed by atoms with Crippen LogP contribution >= 0.6 is 0 Å². The van der Waals surface area contributed by atoms with Crippen LogP contribution in [0.25, 0.3) is 12.2 Å². The number of nitriles is 2. The second-order valence-electron chi connectivity index (χ2n) is 7.40. The van der Waals surface area contributed by atoms with Gasteiger partial charge in [-0.15, -0.1) is 0 Å². The maximum absolute atomic E-state index is 7.82.